The van der Waals surface area contributed by atoms with E-state index < -0.39 is 0 Å². The highest BCUT2D eigenvalue weighted by Gasteiger charge is 2.20. The molecule has 2 N–H and O–H groups in total. The second-order valence-electron chi connectivity index (χ2n) is 5.48. The molecule has 0 saturated heterocycles. The van der Waals surface area contributed by atoms with Gasteiger partial charge in [-0.05, 0) is 43.4 Å². The van der Waals surface area contributed by atoms with E-state index in [4.69, 9.17) is 11.2 Å². The Morgan fingerprint density at radius 3 is 2.62 bits per heavy atom. The van der Waals surface area contributed by atoms with E-state index in [1.807, 2.05) is 13.8 Å². The van der Waals surface area contributed by atoms with Crippen molar-refractivity contribution in [3.8, 4) is 18.1 Å². The molecule has 1 aromatic carbocycles. The summed E-state index contributed by atoms with van der Waals surface area (Å²) in [6, 6.07) is 4.91. The minimum atomic E-state index is -0.203. The van der Waals surface area contributed by atoms with Gasteiger partial charge in [0.2, 0.25) is 0 Å². The van der Waals surface area contributed by atoms with E-state index in [1.165, 1.54) is 18.4 Å². The van der Waals surface area contributed by atoms with Crippen LogP contribution in [0.3, 0.4) is 0 Å². The number of ether oxygens (including phenoxy) is 1. The van der Waals surface area contributed by atoms with Gasteiger partial charge in [-0.3, -0.25) is 4.79 Å². The van der Waals surface area contributed by atoms with E-state index >= 15 is 0 Å². The molecule has 1 saturated carbocycles. The zero-order valence-electron chi connectivity index (χ0n) is 12.7. The van der Waals surface area contributed by atoms with Gasteiger partial charge in [0, 0.05) is 12.6 Å². The zero-order valence-corrected chi connectivity index (χ0v) is 12.7. The predicted octanol–water partition coefficient (Wildman–Crippen LogP) is 1.68. The molecule has 0 aliphatic heterocycles. The normalized spacial score (nSPS) is 13.6. The van der Waals surface area contributed by atoms with E-state index in [-0.39, 0.29) is 19.1 Å². The van der Waals surface area contributed by atoms with Crippen molar-refractivity contribution in [1.29, 1.82) is 0 Å². The molecular formula is C17H22N2O2. The van der Waals surface area contributed by atoms with E-state index in [2.05, 4.69) is 28.7 Å². The van der Waals surface area contributed by atoms with Crippen LogP contribution in [0.1, 0.15) is 29.5 Å². The van der Waals surface area contributed by atoms with Gasteiger partial charge in [0.25, 0.3) is 5.91 Å². The highest BCUT2D eigenvalue weighted by atomic mass is 16.5. The number of aryl methyl sites for hydroxylation is 2. The van der Waals surface area contributed by atoms with Crippen LogP contribution in [-0.4, -0.2) is 25.1 Å². The molecule has 0 radical (unpaired) electrons. The average molecular weight is 286 g/mol. The Labute approximate surface area is 126 Å². The summed E-state index contributed by atoms with van der Waals surface area (Å²) < 4.78 is 5.62. The minimum Gasteiger partial charge on any atom is -0.483 e. The van der Waals surface area contributed by atoms with Gasteiger partial charge in [-0.25, -0.2) is 0 Å². The summed E-state index contributed by atoms with van der Waals surface area (Å²) in [7, 11) is 0. The number of amides is 1. The third-order valence-electron chi connectivity index (χ3n) is 3.43. The molecule has 0 spiro atoms. The van der Waals surface area contributed by atoms with Crippen LogP contribution >= 0.6 is 0 Å². The number of nitrogens with one attached hydrogen (secondary N) is 2. The van der Waals surface area contributed by atoms with Crippen molar-refractivity contribution in [3.05, 3.63) is 28.8 Å². The maximum atomic E-state index is 11.5. The highest BCUT2D eigenvalue weighted by Crippen LogP contribution is 2.26. The van der Waals surface area contributed by atoms with Crippen LogP contribution in [0.4, 0.5) is 0 Å². The van der Waals surface area contributed by atoms with Crippen LogP contribution in [0.25, 0.3) is 0 Å². The number of carbonyl (C=O) groups excluding carboxylic acids is 1. The van der Waals surface area contributed by atoms with Gasteiger partial charge < -0.3 is 15.4 Å². The molecule has 21 heavy (non-hydrogen) atoms. The Bertz CT molecular complexity index is 533. The van der Waals surface area contributed by atoms with E-state index in [0.717, 1.165) is 23.4 Å². The molecule has 4 nitrogen and oxygen atoms in total. The molecule has 1 fully saturated rings. The van der Waals surface area contributed by atoms with Crippen molar-refractivity contribution in [1.82, 2.24) is 10.6 Å². The van der Waals surface area contributed by atoms with Crippen LogP contribution in [0.2, 0.25) is 0 Å². The summed E-state index contributed by atoms with van der Waals surface area (Å²) in [4.78, 5) is 11.5. The Balaban J connectivity index is 1.92. The van der Waals surface area contributed by atoms with Gasteiger partial charge in [-0.15, -0.1) is 6.42 Å². The summed E-state index contributed by atoms with van der Waals surface area (Å²) in [5.41, 5.74) is 3.35. The summed E-state index contributed by atoms with van der Waals surface area (Å²) in [5, 5.41) is 6.08. The second-order valence-corrected chi connectivity index (χ2v) is 5.48. The maximum Gasteiger partial charge on any atom is 0.258 e. The maximum absolute atomic E-state index is 11.5. The third kappa shape index (κ3) is 4.80. The lowest BCUT2D eigenvalue weighted by atomic mass is 10.1. The lowest BCUT2D eigenvalue weighted by molar-refractivity contribution is -0.122. The second kappa shape index (κ2) is 7.14. The summed E-state index contributed by atoms with van der Waals surface area (Å²) >= 11 is 0. The smallest absolute Gasteiger partial charge is 0.258 e. The lowest BCUT2D eigenvalue weighted by Crippen LogP contribution is -2.29. The quantitative estimate of drug-likeness (QED) is 0.750. The Morgan fingerprint density at radius 1 is 1.38 bits per heavy atom. The summed E-state index contributed by atoms with van der Waals surface area (Å²) in [6.07, 6.45) is 7.66. The highest BCUT2D eigenvalue weighted by molar-refractivity contribution is 5.77. The minimum absolute atomic E-state index is 0.0109. The van der Waals surface area contributed by atoms with Gasteiger partial charge in [-0.1, -0.05) is 18.1 Å². The predicted molar refractivity (Wildman–Crippen MR) is 83.1 cm³/mol. The number of carbonyl (C=O) groups is 1. The first kappa shape index (κ1) is 15.4. The monoisotopic (exact) mass is 286 g/mol. The van der Waals surface area contributed by atoms with Gasteiger partial charge in [-0.2, -0.15) is 0 Å². The zero-order chi connectivity index (χ0) is 15.2. The molecule has 112 valence electrons. The van der Waals surface area contributed by atoms with E-state index in [1.54, 1.807) is 0 Å². The van der Waals surface area contributed by atoms with Crippen LogP contribution in [0.5, 0.6) is 5.75 Å². The van der Waals surface area contributed by atoms with E-state index in [0.29, 0.717) is 6.04 Å². The molecule has 1 aliphatic carbocycles. The Hall–Kier alpha value is -1.99. The average Bonchev–Trinajstić information content (AvgIpc) is 3.26. The van der Waals surface area contributed by atoms with Crippen molar-refractivity contribution >= 4 is 5.91 Å². The van der Waals surface area contributed by atoms with Crippen LogP contribution in [0, 0.1) is 26.2 Å². The first-order valence-electron chi connectivity index (χ1n) is 7.26. The first-order chi connectivity index (χ1) is 10.1. The first-order valence-corrected chi connectivity index (χ1v) is 7.26. The van der Waals surface area contributed by atoms with Crippen LogP contribution < -0.4 is 15.4 Å². The van der Waals surface area contributed by atoms with Crippen molar-refractivity contribution in [2.24, 2.45) is 0 Å². The molecule has 1 aromatic rings. The van der Waals surface area contributed by atoms with Gasteiger partial charge in [0.1, 0.15) is 5.75 Å². The fourth-order valence-electron chi connectivity index (χ4n) is 2.26. The van der Waals surface area contributed by atoms with Crippen molar-refractivity contribution in [2.75, 3.05) is 13.2 Å². The standard InChI is InChI=1S/C17H22N2O2/c1-4-7-18-16(20)11-21-17-12(2)8-14(9-13(17)3)10-19-15-5-6-15/h1,8-9,15,19H,5-7,10-11H2,2-3H3,(H,18,20). The molecule has 0 heterocycles. The molecule has 2 rings (SSSR count). The largest absolute Gasteiger partial charge is 0.483 e. The van der Waals surface area contributed by atoms with Gasteiger partial charge in [0.05, 0.1) is 6.54 Å². The van der Waals surface area contributed by atoms with Crippen molar-refractivity contribution in [3.63, 3.8) is 0 Å². The van der Waals surface area contributed by atoms with Gasteiger partial charge in [0.15, 0.2) is 6.61 Å². The number of rotatable bonds is 7. The molecule has 4 heteroatoms. The van der Waals surface area contributed by atoms with Crippen LogP contribution in [-0.2, 0) is 11.3 Å². The van der Waals surface area contributed by atoms with Crippen molar-refractivity contribution < 1.29 is 9.53 Å². The molecule has 0 atom stereocenters. The fraction of sp³-hybridized carbons (Fsp3) is 0.471. The Morgan fingerprint density at radius 2 is 2.05 bits per heavy atom. The molecule has 1 aliphatic rings. The third-order valence-corrected chi connectivity index (χ3v) is 3.43. The topological polar surface area (TPSA) is 50.4 Å². The fourth-order valence-corrected chi connectivity index (χ4v) is 2.26. The van der Waals surface area contributed by atoms with E-state index in [9.17, 15) is 4.79 Å². The summed E-state index contributed by atoms with van der Waals surface area (Å²) in [6.45, 7) is 5.11. The SMILES string of the molecule is C#CCNC(=O)COc1c(C)cc(CNC2CC2)cc1C. The number of hydrogen-bond acceptors (Lipinski definition) is 3. The number of benzene rings is 1. The molecular weight excluding hydrogens is 264 g/mol. The molecule has 0 bridgehead atoms. The van der Waals surface area contributed by atoms with Gasteiger partial charge >= 0.3 is 0 Å². The molecule has 1 amide bonds. The lowest BCUT2D eigenvalue weighted by Gasteiger charge is -2.14. The molecule has 0 unspecified atom stereocenters. The number of terminal acetylenes is 1. The van der Waals surface area contributed by atoms with Crippen LogP contribution in [0.15, 0.2) is 12.1 Å². The Kier molecular flexibility index (Phi) is 5.24. The molecule has 0 aromatic heterocycles. The number of hydrogen-bond donors (Lipinski definition) is 2. The van der Waals surface area contributed by atoms with Crippen molar-refractivity contribution in [2.45, 2.75) is 39.3 Å². The summed E-state index contributed by atoms with van der Waals surface area (Å²) in [5.74, 6) is 2.94.